The van der Waals surface area contributed by atoms with Crippen molar-refractivity contribution in [1.82, 2.24) is 4.90 Å². The van der Waals surface area contributed by atoms with E-state index in [0.29, 0.717) is 12.6 Å². The maximum atomic E-state index is 6.08. The fourth-order valence-corrected chi connectivity index (χ4v) is 2.75. The number of aryl methyl sites for hydroxylation is 1. The first kappa shape index (κ1) is 14.4. The molecule has 2 rings (SSSR count). The molecule has 0 heterocycles. The predicted molar refractivity (Wildman–Crippen MR) is 79.7 cm³/mol. The lowest BCUT2D eigenvalue weighted by Crippen LogP contribution is -2.35. The molecule has 0 saturated carbocycles. The van der Waals surface area contributed by atoms with E-state index in [1.807, 2.05) is 0 Å². The van der Waals surface area contributed by atoms with Crippen LogP contribution in [0, 0.1) is 0 Å². The Kier molecular flexibility index (Phi) is 5.23. The number of hydrogen-bond acceptors (Lipinski definition) is 3. The minimum absolute atomic E-state index is 0.393. The molecule has 106 valence electrons. The summed E-state index contributed by atoms with van der Waals surface area (Å²) in [5, 5.41) is 0. The Balaban J connectivity index is 2.02. The van der Waals surface area contributed by atoms with E-state index in [1.165, 1.54) is 30.4 Å². The molecule has 0 spiro atoms. The van der Waals surface area contributed by atoms with Gasteiger partial charge in [0.05, 0.1) is 0 Å². The number of rotatable bonds is 6. The van der Waals surface area contributed by atoms with Crippen LogP contribution < -0.4 is 10.5 Å². The van der Waals surface area contributed by atoms with Crippen LogP contribution in [0.2, 0.25) is 0 Å². The quantitative estimate of drug-likeness (QED) is 0.854. The Hall–Kier alpha value is -1.06. The zero-order chi connectivity index (χ0) is 13.7. The first-order valence-corrected chi connectivity index (χ1v) is 7.32. The zero-order valence-corrected chi connectivity index (χ0v) is 12.2. The molecule has 1 unspecified atom stereocenters. The molecule has 0 bridgehead atoms. The molecule has 19 heavy (non-hydrogen) atoms. The van der Waals surface area contributed by atoms with Crippen LogP contribution >= 0.6 is 0 Å². The second-order valence-electron chi connectivity index (χ2n) is 5.61. The van der Waals surface area contributed by atoms with E-state index in [1.54, 1.807) is 0 Å². The number of fused-ring (bicyclic) bond motifs is 1. The van der Waals surface area contributed by atoms with Crippen molar-refractivity contribution in [2.24, 2.45) is 5.73 Å². The van der Waals surface area contributed by atoms with Gasteiger partial charge in [0.15, 0.2) is 0 Å². The van der Waals surface area contributed by atoms with Gasteiger partial charge in [0, 0.05) is 6.04 Å². The first-order valence-electron chi connectivity index (χ1n) is 7.32. The molecule has 0 aliphatic heterocycles. The molecule has 0 saturated heterocycles. The number of hydrogen-bond donors (Lipinski definition) is 1. The summed E-state index contributed by atoms with van der Waals surface area (Å²) in [5.74, 6) is 1.08. The minimum Gasteiger partial charge on any atom is -0.492 e. The molecule has 1 aliphatic carbocycles. The van der Waals surface area contributed by atoms with Crippen LogP contribution in [0.4, 0.5) is 0 Å². The van der Waals surface area contributed by atoms with Crippen LogP contribution in [0.3, 0.4) is 0 Å². The summed E-state index contributed by atoms with van der Waals surface area (Å²) >= 11 is 0. The van der Waals surface area contributed by atoms with Crippen molar-refractivity contribution in [2.45, 2.75) is 38.1 Å². The molecule has 2 N–H and O–H groups in total. The molecule has 0 radical (unpaired) electrons. The summed E-state index contributed by atoms with van der Waals surface area (Å²) in [6, 6.07) is 6.86. The monoisotopic (exact) mass is 262 g/mol. The molecule has 3 nitrogen and oxygen atoms in total. The van der Waals surface area contributed by atoms with Gasteiger partial charge in [-0.2, -0.15) is 0 Å². The van der Waals surface area contributed by atoms with E-state index in [4.69, 9.17) is 10.5 Å². The summed E-state index contributed by atoms with van der Waals surface area (Å²) in [6.45, 7) is 1.43. The zero-order valence-electron chi connectivity index (χ0n) is 12.2. The minimum atomic E-state index is 0.393. The lowest BCUT2D eigenvalue weighted by molar-refractivity contribution is 0.177. The molecule has 0 fully saturated rings. The van der Waals surface area contributed by atoms with Gasteiger partial charge >= 0.3 is 0 Å². The Labute approximate surface area is 116 Å². The third-order valence-electron chi connectivity index (χ3n) is 4.01. The van der Waals surface area contributed by atoms with Crippen LogP contribution in [-0.2, 0) is 12.8 Å². The molecule has 0 aromatic heterocycles. The third kappa shape index (κ3) is 3.71. The van der Waals surface area contributed by atoms with E-state index in [2.05, 4.69) is 37.2 Å². The van der Waals surface area contributed by atoms with Gasteiger partial charge in [-0.05, 0) is 69.9 Å². The lowest BCUT2D eigenvalue weighted by Gasteiger charge is -2.25. The standard InChI is InChI=1S/C16H26N2O/c1-18(2)14(10-11-17)12-19-16-9-5-7-13-6-3-4-8-15(13)16/h5,7,9,14H,3-4,6,8,10-12,17H2,1-2H3. The van der Waals surface area contributed by atoms with Crippen LogP contribution in [0.15, 0.2) is 18.2 Å². The summed E-state index contributed by atoms with van der Waals surface area (Å²) in [4.78, 5) is 2.20. The smallest absolute Gasteiger partial charge is 0.122 e. The summed E-state index contributed by atoms with van der Waals surface area (Å²) in [5.41, 5.74) is 8.57. The highest BCUT2D eigenvalue weighted by molar-refractivity contribution is 5.41. The topological polar surface area (TPSA) is 38.5 Å². The van der Waals surface area contributed by atoms with Crippen molar-refractivity contribution in [3.05, 3.63) is 29.3 Å². The Bertz CT molecular complexity index is 404. The van der Waals surface area contributed by atoms with Crippen LogP contribution in [0.25, 0.3) is 0 Å². The summed E-state index contributed by atoms with van der Waals surface area (Å²) < 4.78 is 6.08. The number of likely N-dealkylation sites (N-methyl/N-ethyl adjacent to an activating group) is 1. The molecule has 3 heteroatoms. The van der Waals surface area contributed by atoms with Crippen molar-refractivity contribution in [3.8, 4) is 5.75 Å². The highest BCUT2D eigenvalue weighted by atomic mass is 16.5. The molecule has 1 atom stereocenters. The summed E-state index contributed by atoms with van der Waals surface area (Å²) in [6.07, 6.45) is 5.93. The summed E-state index contributed by atoms with van der Waals surface area (Å²) in [7, 11) is 4.17. The third-order valence-corrected chi connectivity index (χ3v) is 4.01. The maximum absolute atomic E-state index is 6.08. The molecular weight excluding hydrogens is 236 g/mol. The molecule has 1 aromatic rings. The van der Waals surface area contributed by atoms with Crippen molar-refractivity contribution >= 4 is 0 Å². The second-order valence-corrected chi connectivity index (χ2v) is 5.61. The van der Waals surface area contributed by atoms with Crippen molar-refractivity contribution in [3.63, 3.8) is 0 Å². The number of benzene rings is 1. The maximum Gasteiger partial charge on any atom is 0.122 e. The predicted octanol–water partition coefficient (Wildman–Crippen LogP) is 2.22. The van der Waals surface area contributed by atoms with Gasteiger partial charge in [-0.3, -0.25) is 0 Å². The van der Waals surface area contributed by atoms with E-state index in [0.717, 1.165) is 25.2 Å². The average Bonchev–Trinajstić information content (AvgIpc) is 2.43. The molecule has 1 aliphatic rings. The second kappa shape index (κ2) is 6.92. The number of nitrogens with zero attached hydrogens (tertiary/aromatic N) is 1. The number of ether oxygens (including phenoxy) is 1. The van der Waals surface area contributed by atoms with Gasteiger partial charge < -0.3 is 15.4 Å². The van der Waals surface area contributed by atoms with Gasteiger partial charge in [0.25, 0.3) is 0 Å². The van der Waals surface area contributed by atoms with E-state index >= 15 is 0 Å². The van der Waals surface area contributed by atoms with Gasteiger partial charge in [-0.1, -0.05) is 12.1 Å². The fraction of sp³-hybridized carbons (Fsp3) is 0.625. The van der Waals surface area contributed by atoms with E-state index in [9.17, 15) is 0 Å². The van der Waals surface area contributed by atoms with Gasteiger partial charge in [-0.15, -0.1) is 0 Å². The fourth-order valence-electron chi connectivity index (χ4n) is 2.75. The lowest BCUT2D eigenvalue weighted by atomic mass is 9.91. The van der Waals surface area contributed by atoms with Crippen molar-refractivity contribution in [1.29, 1.82) is 0 Å². The molecule has 1 aromatic carbocycles. The normalized spacial score (nSPS) is 16.2. The van der Waals surface area contributed by atoms with Crippen molar-refractivity contribution < 1.29 is 4.74 Å². The van der Waals surface area contributed by atoms with Crippen molar-refractivity contribution in [2.75, 3.05) is 27.2 Å². The number of nitrogens with two attached hydrogens (primary N) is 1. The Morgan fingerprint density at radius 3 is 2.79 bits per heavy atom. The van der Waals surface area contributed by atoms with Gasteiger partial charge in [0.2, 0.25) is 0 Å². The van der Waals surface area contributed by atoms with E-state index in [-0.39, 0.29) is 0 Å². The Morgan fingerprint density at radius 2 is 2.05 bits per heavy atom. The highest BCUT2D eigenvalue weighted by Crippen LogP contribution is 2.29. The van der Waals surface area contributed by atoms with Crippen LogP contribution in [-0.4, -0.2) is 38.2 Å². The average molecular weight is 262 g/mol. The van der Waals surface area contributed by atoms with Crippen LogP contribution in [0.5, 0.6) is 5.75 Å². The first-order chi connectivity index (χ1) is 9.22. The highest BCUT2D eigenvalue weighted by Gasteiger charge is 2.16. The van der Waals surface area contributed by atoms with E-state index < -0.39 is 0 Å². The SMILES string of the molecule is CN(C)C(CCN)COc1cccc2c1CCCC2. The molecular formula is C16H26N2O. The van der Waals surface area contributed by atoms with Crippen LogP contribution in [0.1, 0.15) is 30.4 Å². The van der Waals surface area contributed by atoms with Gasteiger partial charge in [-0.25, -0.2) is 0 Å². The largest absolute Gasteiger partial charge is 0.492 e. The van der Waals surface area contributed by atoms with Gasteiger partial charge in [0.1, 0.15) is 12.4 Å². The molecule has 0 amide bonds. The Morgan fingerprint density at radius 1 is 1.26 bits per heavy atom.